The summed E-state index contributed by atoms with van der Waals surface area (Å²) in [6, 6.07) is -0.652. The fourth-order valence-corrected chi connectivity index (χ4v) is 6.21. The Bertz CT molecular complexity index is 4620. The molecule has 0 aromatic carbocycles. The summed E-state index contributed by atoms with van der Waals surface area (Å²) < 4.78 is 0. The van der Waals surface area contributed by atoms with Crippen molar-refractivity contribution >= 4 is 11.9 Å². The minimum atomic E-state index is -0.936. The zero-order valence-corrected chi connectivity index (χ0v) is 55.6. The van der Waals surface area contributed by atoms with Gasteiger partial charge in [-0.15, -0.1) is 0 Å². The molecule has 11 rings (SSSR count). The van der Waals surface area contributed by atoms with Crippen molar-refractivity contribution in [2.45, 2.75) is 88.1 Å². The molecule has 0 aliphatic carbocycles. The van der Waals surface area contributed by atoms with Crippen LogP contribution in [0.2, 0.25) is 0 Å². The largest absolute Gasteiger partial charge is 0.480 e. The molecule has 10 aromatic rings. The maximum Gasteiger partial charge on any atom is 0.326 e. The van der Waals surface area contributed by atoms with Gasteiger partial charge in [-0.2, -0.15) is 0 Å². The van der Waals surface area contributed by atoms with Crippen LogP contribution in [0.4, 0.5) is 0 Å². The number of carboxylic acids is 1. The van der Waals surface area contributed by atoms with E-state index in [-0.39, 0.29) is 68.0 Å². The van der Waals surface area contributed by atoms with E-state index in [4.69, 9.17) is 10.8 Å². The Labute approximate surface area is 562 Å². The Balaban J connectivity index is 0.000000562. The molecular formula is C57H72N22O23. The van der Waals surface area contributed by atoms with E-state index in [1.54, 1.807) is 69.2 Å². The highest BCUT2D eigenvalue weighted by atomic mass is 16.4. The second kappa shape index (κ2) is 43.0. The van der Waals surface area contributed by atoms with E-state index < -0.39 is 68.9 Å². The van der Waals surface area contributed by atoms with E-state index in [1.807, 2.05) is 0 Å². The van der Waals surface area contributed by atoms with Crippen molar-refractivity contribution in [3.8, 4) is 0 Å². The summed E-state index contributed by atoms with van der Waals surface area (Å²) in [5, 5.41) is 8.69. The lowest BCUT2D eigenvalue weighted by atomic mass is 10.2. The van der Waals surface area contributed by atoms with Crippen molar-refractivity contribution in [2.24, 2.45) is 5.73 Å². The number of carboxylic acid groups (broad SMARTS) is 1. The van der Waals surface area contributed by atoms with Crippen molar-refractivity contribution in [2.75, 3.05) is 13.1 Å². The number of aromatic amines is 20. The number of nitrogens with two attached hydrogens (primary N) is 1. The van der Waals surface area contributed by atoms with Gasteiger partial charge in [-0.3, -0.25) is 103 Å². The molecule has 0 bridgehead atoms. The number of hydrogen-bond donors (Lipinski definition) is 22. The van der Waals surface area contributed by atoms with E-state index in [2.05, 4.69) is 99.7 Å². The minimum Gasteiger partial charge on any atom is -0.480 e. The second-order valence-corrected chi connectivity index (χ2v) is 20.3. The average Bonchev–Trinajstić information content (AvgIpc) is 1.72. The SMILES string of the molecule is Cc1c[nH]c(=O)[nH]c1=O.Cc1c[nH]c(=O)[nH]c1=O.Cc1c[nH]c(=O)[nH]c1=O.Cc1c[nH]c(=O)[nH]c1=O.Cc1c[nH]c(=O)[nH]c1=O.Cc1c[nH]c(=O)[nH]c1=O.Cc1c[nH]c(=O)[nH]c1=O.Cc1c[nH]c(=O)[nH]c1=O.Cc1c[nH]c(=O)[nH]c1=O.Cc1c[nH]c(=O)[nH]c1=O.NCC(=O)N1CCC[C@H]1C(=O)O. The third-order valence-electron chi connectivity index (χ3n) is 12.1. The van der Waals surface area contributed by atoms with E-state index in [0.29, 0.717) is 68.6 Å². The van der Waals surface area contributed by atoms with Crippen LogP contribution in [0.3, 0.4) is 0 Å². The van der Waals surface area contributed by atoms with Gasteiger partial charge in [0.1, 0.15) is 6.04 Å². The van der Waals surface area contributed by atoms with Gasteiger partial charge in [-0.25, -0.2) is 52.7 Å². The summed E-state index contributed by atoms with van der Waals surface area (Å²) in [6.07, 6.45) is 15.1. The molecule has 23 N–H and O–H groups in total. The number of nitrogens with one attached hydrogen (secondary N) is 20. The molecule has 0 radical (unpaired) electrons. The Morgan fingerprint density at radius 2 is 0.441 bits per heavy atom. The third-order valence-corrected chi connectivity index (χ3v) is 12.1. The smallest absolute Gasteiger partial charge is 0.326 e. The molecule has 1 fully saturated rings. The number of rotatable bonds is 2. The number of hydrogen-bond acceptors (Lipinski definition) is 23. The number of carbonyl (C=O) groups is 2. The van der Waals surface area contributed by atoms with Crippen LogP contribution in [-0.4, -0.2) is 141 Å². The zero-order chi connectivity index (χ0) is 77.7. The molecule has 1 aliphatic heterocycles. The minimum absolute atomic E-state index is 0.107. The summed E-state index contributed by atoms with van der Waals surface area (Å²) >= 11 is 0. The molecule has 45 heteroatoms. The molecule has 0 unspecified atom stereocenters. The third kappa shape index (κ3) is 33.4. The van der Waals surface area contributed by atoms with Crippen LogP contribution in [0, 0.1) is 69.2 Å². The lowest BCUT2D eigenvalue weighted by Crippen LogP contribution is -2.43. The molecule has 0 saturated carbocycles. The van der Waals surface area contributed by atoms with E-state index >= 15 is 0 Å². The highest BCUT2D eigenvalue weighted by Crippen LogP contribution is 2.16. The quantitative estimate of drug-likeness (QED) is 0.0764. The van der Waals surface area contributed by atoms with Gasteiger partial charge in [-0.1, -0.05) is 0 Å². The van der Waals surface area contributed by atoms with Crippen molar-refractivity contribution < 1.29 is 14.7 Å². The predicted octanol–water partition coefficient (Wildman–Crippen LogP) is -7.26. The Morgan fingerprint density at radius 1 is 0.304 bits per heavy atom. The first kappa shape index (κ1) is 85.7. The van der Waals surface area contributed by atoms with Gasteiger partial charge in [0, 0.05) is 124 Å². The van der Waals surface area contributed by atoms with Gasteiger partial charge in [0.15, 0.2) is 0 Å². The number of nitrogens with zero attached hydrogens (tertiary/aromatic N) is 1. The van der Waals surface area contributed by atoms with Crippen molar-refractivity contribution in [1.82, 2.24) is 105 Å². The monoisotopic (exact) mass is 1430 g/mol. The zero-order valence-electron chi connectivity index (χ0n) is 55.6. The predicted molar refractivity (Wildman–Crippen MR) is 366 cm³/mol. The number of aliphatic carboxylic acids is 1. The van der Waals surface area contributed by atoms with E-state index in [0.717, 1.165) is 6.42 Å². The molecular weight excluding hydrogens is 1360 g/mol. The van der Waals surface area contributed by atoms with Crippen LogP contribution < -0.4 is 118 Å². The van der Waals surface area contributed by atoms with Crippen molar-refractivity contribution in [1.29, 1.82) is 0 Å². The number of carbonyl (C=O) groups excluding carboxylic acids is 1. The molecule has 548 valence electrons. The second-order valence-electron chi connectivity index (χ2n) is 20.3. The van der Waals surface area contributed by atoms with Crippen LogP contribution >= 0.6 is 0 Å². The molecule has 1 atom stereocenters. The van der Waals surface area contributed by atoms with Gasteiger partial charge in [0.25, 0.3) is 55.6 Å². The van der Waals surface area contributed by atoms with Crippen molar-refractivity contribution in [3.63, 3.8) is 0 Å². The van der Waals surface area contributed by atoms with Gasteiger partial charge in [-0.05, 0) is 82.1 Å². The highest BCUT2D eigenvalue weighted by molar-refractivity contribution is 5.85. The van der Waals surface area contributed by atoms with E-state index in [1.165, 1.54) is 66.9 Å². The summed E-state index contributed by atoms with van der Waals surface area (Å²) in [5.41, 5.74) is 2.20. The summed E-state index contributed by atoms with van der Waals surface area (Å²) in [4.78, 5) is 276. The van der Waals surface area contributed by atoms with Gasteiger partial charge in [0.2, 0.25) is 5.91 Å². The van der Waals surface area contributed by atoms with Crippen LogP contribution in [0.1, 0.15) is 68.5 Å². The number of amides is 1. The fraction of sp³-hybridized carbons (Fsp3) is 0.263. The number of aryl methyl sites for hydroxylation is 10. The Morgan fingerprint density at radius 3 is 0.539 bits per heavy atom. The van der Waals surface area contributed by atoms with Crippen LogP contribution in [0.5, 0.6) is 0 Å². The normalized spacial score (nSPS) is 11.0. The molecule has 1 saturated heterocycles. The van der Waals surface area contributed by atoms with Gasteiger partial charge < -0.3 is 65.6 Å². The molecule has 11 heterocycles. The first-order valence-corrected chi connectivity index (χ1v) is 28.7. The van der Waals surface area contributed by atoms with Crippen LogP contribution in [-0.2, 0) is 9.59 Å². The molecule has 0 spiro atoms. The van der Waals surface area contributed by atoms with Crippen LogP contribution in [0.15, 0.2) is 158 Å². The molecule has 102 heavy (non-hydrogen) atoms. The lowest BCUT2D eigenvalue weighted by molar-refractivity contribution is -0.147. The summed E-state index contributed by atoms with van der Waals surface area (Å²) in [6.45, 7) is 16.6. The summed E-state index contributed by atoms with van der Waals surface area (Å²) in [7, 11) is 0. The van der Waals surface area contributed by atoms with Gasteiger partial charge >= 0.3 is 62.9 Å². The first-order valence-electron chi connectivity index (χ1n) is 28.7. The topological polar surface area (TPSA) is 741 Å². The Kier molecular flexibility index (Phi) is 36.1. The number of H-pyrrole nitrogens is 20. The number of aromatic nitrogens is 20. The lowest BCUT2D eigenvalue weighted by Gasteiger charge is -2.20. The molecule has 45 nitrogen and oxygen atoms in total. The number of likely N-dealkylation sites (tertiary alicyclic amines) is 1. The van der Waals surface area contributed by atoms with Crippen LogP contribution in [0.25, 0.3) is 0 Å². The maximum atomic E-state index is 11.1. The first-order chi connectivity index (χ1) is 47.6. The Hall–Kier alpha value is -14.3. The van der Waals surface area contributed by atoms with E-state index in [9.17, 15) is 105 Å². The average molecular weight is 1430 g/mol. The molecule has 1 amide bonds. The standard InChI is InChI=1S/C7H12N2O3.10C5H6N2O2/c8-4-6(10)9-3-1-2-5(9)7(11)12;10*1-3-2-6-5(9)7-4(3)8/h5H,1-4,8H2,(H,11,12);10*2H,1H3,(H2,6,7,8,9)/t5-;;;;;;;;;;/m0........../s1. The molecule has 10 aromatic heterocycles. The highest BCUT2D eigenvalue weighted by Gasteiger charge is 2.33. The maximum absolute atomic E-state index is 11.1. The summed E-state index contributed by atoms with van der Waals surface area (Å²) in [5.74, 6) is -1.21. The fourth-order valence-electron chi connectivity index (χ4n) is 6.21. The van der Waals surface area contributed by atoms with Crippen molar-refractivity contribution in [3.05, 3.63) is 326 Å². The molecule has 1 aliphatic rings. The van der Waals surface area contributed by atoms with Gasteiger partial charge in [0.05, 0.1) is 6.54 Å².